The van der Waals surface area contributed by atoms with Crippen molar-refractivity contribution in [1.29, 1.82) is 0 Å². The van der Waals surface area contributed by atoms with Crippen LogP contribution in [0.5, 0.6) is 0 Å². The minimum atomic E-state index is 0.960. The van der Waals surface area contributed by atoms with Crippen molar-refractivity contribution in [3.63, 3.8) is 0 Å². The third kappa shape index (κ3) is 3.17. The Balaban J connectivity index is 1.90. The molecular weight excluding hydrogens is 230 g/mol. The van der Waals surface area contributed by atoms with E-state index in [2.05, 4.69) is 47.2 Å². The predicted molar refractivity (Wildman–Crippen MR) is 75.9 cm³/mol. The summed E-state index contributed by atoms with van der Waals surface area (Å²) < 4.78 is 1.25. The number of fused-ring (bicyclic) bond motifs is 1. The third-order valence-corrected chi connectivity index (χ3v) is 3.89. The second-order valence-corrected chi connectivity index (χ2v) is 4.97. The first-order valence-corrected chi connectivity index (χ1v) is 6.97. The van der Waals surface area contributed by atoms with Gasteiger partial charge in [-0.25, -0.2) is 4.98 Å². The molecule has 3 nitrogen and oxygen atoms in total. The molecule has 0 aliphatic heterocycles. The van der Waals surface area contributed by atoms with E-state index in [0.717, 1.165) is 36.8 Å². The lowest BCUT2D eigenvalue weighted by molar-refractivity contribution is 0.316. The molecule has 0 amide bonds. The minimum Gasteiger partial charge on any atom is -0.360 e. The molecule has 0 radical (unpaired) electrons. The molecular formula is C13H19N3S. The number of thiazole rings is 1. The maximum absolute atomic E-state index is 4.55. The zero-order chi connectivity index (χ0) is 12.1. The van der Waals surface area contributed by atoms with Crippen LogP contribution in [0.2, 0.25) is 0 Å². The van der Waals surface area contributed by atoms with Crippen LogP contribution < -0.4 is 5.32 Å². The highest BCUT2D eigenvalue weighted by atomic mass is 32.1. The van der Waals surface area contributed by atoms with Crippen molar-refractivity contribution in [1.82, 2.24) is 9.88 Å². The largest absolute Gasteiger partial charge is 0.360 e. The van der Waals surface area contributed by atoms with E-state index in [9.17, 15) is 0 Å². The molecule has 2 rings (SSSR count). The van der Waals surface area contributed by atoms with Crippen LogP contribution in [-0.2, 0) is 0 Å². The van der Waals surface area contributed by atoms with Crippen LogP contribution in [0, 0.1) is 0 Å². The van der Waals surface area contributed by atoms with Crippen LogP contribution in [-0.4, -0.2) is 36.1 Å². The highest BCUT2D eigenvalue weighted by molar-refractivity contribution is 7.22. The Morgan fingerprint density at radius 3 is 2.71 bits per heavy atom. The molecule has 0 saturated heterocycles. The van der Waals surface area contributed by atoms with Crippen molar-refractivity contribution in [2.24, 2.45) is 0 Å². The van der Waals surface area contributed by atoms with Gasteiger partial charge in [-0.05, 0) is 25.2 Å². The maximum Gasteiger partial charge on any atom is 0.183 e. The van der Waals surface area contributed by atoms with E-state index in [1.54, 1.807) is 11.3 Å². The average molecular weight is 249 g/mol. The molecule has 4 heteroatoms. The van der Waals surface area contributed by atoms with Crippen molar-refractivity contribution >= 4 is 26.7 Å². The lowest BCUT2D eigenvalue weighted by Gasteiger charge is -2.17. The van der Waals surface area contributed by atoms with E-state index < -0.39 is 0 Å². The van der Waals surface area contributed by atoms with Crippen molar-refractivity contribution in [2.75, 3.05) is 31.5 Å². The predicted octanol–water partition coefficient (Wildman–Crippen LogP) is 3.05. The van der Waals surface area contributed by atoms with Crippen LogP contribution in [0.1, 0.15) is 13.8 Å². The molecule has 2 aromatic rings. The highest BCUT2D eigenvalue weighted by Crippen LogP contribution is 2.24. The van der Waals surface area contributed by atoms with Gasteiger partial charge in [0.15, 0.2) is 5.13 Å². The van der Waals surface area contributed by atoms with Crippen LogP contribution in [0.4, 0.5) is 5.13 Å². The molecule has 0 bridgehead atoms. The fraction of sp³-hybridized carbons (Fsp3) is 0.462. The number of nitrogens with one attached hydrogen (secondary N) is 1. The molecule has 1 aromatic carbocycles. The second-order valence-electron chi connectivity index (χ2n) is 3.94. The number of rotatable bonds is 6. The Bertz CT molecular complexity index is 429. The fourth-order valence-corrected chi connectivity index (χ4v) is 2.70. The summed E-state index contributed by atoms with van der Waals surface area (Å²) in [5.41, 5.74) is 1.09. The number of hydrogen-bond acceptors (Lipinski definition) is 4. The van der Waals surface area contributed by atoms with E-state index in [1.807, 2.05) is 6.07 Å². The van der Waals surface area contributed by atoms with Gasteiger partial charge in [0, 0.05) is 13.1 Å². The summed E-state index contributed by atoms with van der Waals surface area (Å²) in [5.74, 6) is 0. The smallest absolute Gasteiger partial charge is 0.183 e. The Morgan fingerprint density at radius 1 is 1.24 bits per heavy atom. The number of anilines is 1. The minimum absolute atomic E-state index is 0.960. The maximum atomic E-state index is 4.55. The van der Waals surface area contributed by atoms with Gasteiger partial charge >= 0.3 is 0 Å². The van der Waals surface area contributed by atoms with Crippen molar-refractivity contribution in [3.05, 3.63) is 24.3 Å². The number of para-hydroxylation sites is 1. The van der Waals surface area contributed by atoms with Gasteiger partial charge in [-0.15, -0.1) is 0 Å². The summed E-state index contributed by atoms with van der Waals surface area (Å²) in [6.45, 7) is 8.64. The van der Waals surface area contributed by atoms with Gasteiger partial charge in [-0.2, -0.15) is 0 Å². The molecule has 0 fully saturated rings. The van der Waals surface area contributed by atoms with Gasteiger partial charge in [0.25, 0.3) is 0 Å². The molecule has 0 saturated carbocycles. The summed E-state index contributed by atoms with van der Waals surface area (Å²) in [4.78, 5) is 6.95. The number of hydrogen-bond donors (Lipinski definition) is 1. The Labute approximate surface area is 106 Å². The first kappa shape index (κ1) is 12.3. The third-order valence-electron chi connectivity index (χ3n) is 2.89. The van der Waals surface area contributed by atoms with Crippen LogP contribution >= 0.6 is 11.3 Å². The summed E-state index contributed by atoms with van der Waals surface area (Å²) >= 11 is 1.72. The standard InChI is InChI=1S/C13H19N3S/c1-3-16(4-2)10-9-14-13-15-11-7-5-6-8-12(11)17-13/h5-8H,3-4,9-10H2,1-2H3,(H,14,15). The van der Waals surface area contributed by atoms with Gasteiger partial charge < -0.3 is 10.2 Å². The Kier molecular flexibility index (Phi) is 4.34. The molecule has 92 valence electrons. The van der Waals surface area contributed by atoms with Crippen molar-refractivity contribution < 1.29 is 0 Å². The molecule has 1 heterocycles. The zero-order valence-corrected chi connectivity index (χ0v) is 11.3. The van der Waals surface area contributed by atoms with E-state index in [1.165, 1.54) is 4.70 Å². The molecule has 1 N–H and O–H groups in total. The molecule has 0 aliphatic rings. The van der Waals surface area contributed by atoms with Gasteiger partial charge in [0.2, 0.25) is 0 Å². The molecule has 1 aromatic heterocycles. The highest BCUT2D eigenvalue weighted by Gasteiger charge is 2.03. The van der Waals surface area contributed by atoms with Crippen molar-refractivity contribution in [2.45, 2.75) is 13.8 Å². The van der Waals surface area contributed by atoms with Crippen molar-refractivity contribution in [3.8, 4) is 0 Å². The number of aromatic nitrogens is 1. The molecule has 17 heavy (non-hydrogen) atoms. The lowest BCUT2D eigenvalue weighted by atomic mass is 10.3. The van der Waals surface area contributed by atoms with Crippen LogP contribution in [0.3, 0.4) is 0 Å². The normalized spacial score (nSPS) is 11.2. The fourth-order valence-electron chi connectivity index (χ4n) is 1.81. The van der Waals surface area contributed by atoms with Gasteiger partial charge in [0.05, 0.1) is 10.2 Å². The molecule has 0 spiro atoms. The Hall–Kier alpha value is -1.13. The second kappa shape index (κ2) is 5.98. The van der Waals surface area contributed by atoms with Crippen LogP contribution in [0.15, 0.2) is 24.3 Å². The van der Waals surface area contributed by atoms with E-state index >= 15 is 0 Å². The topological polar surface area (TPSA) is 28.2 Å². The van der Waals surface area contributed by atoms with E-state index in [-0.39, 0.29) is 0 Å². The molecule has 0 atom stereocenters. The lowest BCUT2D eigenvalue weighted by Crippen LogP contribution is -2.28. The summed E-state index contributed by atoms with van der Waals surface area (Å²) in [6.07, 6.45) is 0. The van der Waals surface area contributed by atoms with Gasteiger partial charge in [0.1, 0.15) is 0 Å². The summed E-state index contributed by atoms with van der Waals surface area (Å²) in [5, 5.41) is 4.43. The number of benzene rings is 1. The SMILES string of the molecule is CCN(CC)CCNc1nc2ccccc2s1. The summed E-state index contributed by atoms with van der Waals surface area (Å²) in [7, 11) is 0. The molecule has 0 aliphatic carbocycles. The molecule has 0 unspecified atom stereocenters. The number of likely N-dealkylation sites (N-methyl/N-ethyl adjacent to an activating group) is 1. The van der Waals surface area contributed by atoms with Crippen LogP contribution in [0.25, 0.3) is 10.2 Å². The first-order valence-electron chi connectivity index (χ1n) is 6.15. The van der Waals surface area contributed by atoms with E-state index in [4.69, 9.17) is 0 Å². The average Bonchev–Trinajstić information content (AvgIpc) is 2.77. The van der Waals surface area contributed by atoms with Gasteiger partial charge in [-0.3, -0.25) is 0 Å². The summed E-state index contributed by atoms with van der Waals surface area (Å²) in [6, 6.07) is 8.26. The first-order chi connectivity index (χ1) is 8.33. The quantitative estimate of drug-likeness (QED) is 0.853. The number of nitrogens with zero attached hydrogens (tertiary/aromatic N) is 2. The van der Waals surface area contributed by atoms with E-state index in [0.29, 0.717) is 0 Å². The Morgan fingerprint density at radius 2 is 2.00 bits per heavy atom. The monoisotopic (exact) mass is 249 g/mol. The van der Waals surface area contributed by atoms with Gasteiger partial charge in [-0.1, -0.05) is 37.3 Å². The zero-order valence-electron chi connectivity index (χ0n) is 10.4.